The molecule has 6 nitrogen and oxygen atoms in total. The molecule has 0 saturated carbocycles. The Morgan fingerprint density at radius 1 is 1.19 bits per heavy atom. The number of aromatic nitrogens is 2. The lowest BCUT2D eigenvalue weighted by molar-refractivity contribution is 0.0716. The van der Waals surface area contributed by atoms with Crippen LogP contribution >= 0.6 is 0 Å². The SMILES string of the molecule is Cc1cccc(N2CCN(C(=O)c3cc(-c4cccnc4)on3)C[C@@H]2C)c1. The lowest BCUT2D eigenvalue weighted by Gasteiger charge is -2.41. The van der Waals surface area contributed by atoms with E-state index in [4.69, 9.17) is 4.52 Å². The van der Waals surface area contributed by atoms with E-state index in [0.29, 0.717) is 24.5 Å². The molecule has 1 atom stereocenters. The minimum atomic E-state index is -0.0929. The van der Waals surface area contributed by atoms with E-state index in [9.17, 15) is 4.79 Å². The average molecular weight is 362 g/mol. The molecule has 1 amide bonds. The van der Waals surface area contributed by atoms with Crippen molar-refractivity contribution in [1.82, 2.24) is 15.0 Å². The number of hydrogen-bond donors (Lipinski definition) is 0. The van der Waals surface area contributed by atoms with Crippen LogP contribution in [0.3, 0.4) is 0 Å². The van der Waals surface area contributed by atoms with Gasteiger partial charge in [0.15, 0.2) is 11.5 Å². The summed E-state index contributed by atoms with van der Waals surface area (Å²) in [5, 5.41) is 3.97. The topological polar surface area (TPSA) is 62.5 Å². The highest BCUT2D eigenvalue weighted by Crippen LogP contribution is 2.24. The molecule has 138 valence electrons. The van der Waals surface area contributed by atoms with E-state index in [-0.39, 0.29) is 11.9 Å². The van der Waals surface area contributed by atoms with Gasteiger partial charge in [0.1, 0.15) is 0 Å². The molecule has 0 aliphatic carbocycles. The third-order valence-electron chi connectivity index (χ3n) is 4.92. The molecule has 3 heterocycles. The summed E-state index contributed by atoms with van der Waals surface area (Å²) in [4.78, 5) is 21.1. The third kappa shape index (κ3) is 3.56. The number of piperazine rings is 1. The van der Waals surface area contributed by atoms with Crippen molar-refractivity contribution in [2.45, 2.75) is 19.9 Å². The standard InChI is InChI=1S/C21H22N4O2/c1-15-5-3-7-18(11-15)25-10-9-24(14-16(25)2)21(26)19-12-20(27-23-19)17-6-4-8-22-13-17/h3-8,11-13,16H,9-10,14H2,1-2H3/t16-/m0/s1. The fourth-order valence-corrected chi connectivity index (χ4v) is 3.51. The van der Waals surface area contributed by atoms with Crippen molar-refractivity contribution in [2.75, 3.05) is 24.5 Å². The van der Waals surface area contributed by atoms with Gasteiger partial charge in [0.25, 0.3) is 5.91 Å². The molecule has 0 spiro atoms. The molecule has 27 heavy (non-hydrogen) atoms. The molecule has 0 bridgehead atoms. The Labute approximate surface area is 158 Å². The number of hydrogen-bond acceptors (Lipinski definition) is 5. The van der Waals surface area contributed by atoms with Crippen LogP contribution in [0.2, 0.25) is 0 Å². The number of benzene rings is 1. The van der Waals surface area contributed by atoms with Crippen LogP contribution in [0.25, 0.3) is 11.3 Å². The summed E-state index contributed by atoms with van der Waals surface area (Å²) < 4.78 is 5.35. The second-order valence-corrected chi connectivity index (χ2v) is 6.95. The van der Waals surface area contributed by atoms with Crippen LogP contribution in [0.15, 0.2) is 59.4 Å². The first-order valence-corrected chi connectivity index (χ1v) is 9.11. The summed E-state index contributed by atoms with van der Waals surface area (Å²) in [5.41, 5.74) is 3.59. The van der Waals surface area contributed by atoms with Crippen molar-refractivity contribution in [3.05, 3.63) is 66.1 Å². The summed E-state index contributed by atoms with van der Waals surface area (Å²) in [6.45, 7) is 6.35. The summed E-state index contributed by atoms with van der Waals surface area (Å²) in [6, 6.07) is 14.1. The molecule has 4 rings (SSSR count). The van der Waals surface area contributed by atoms with Crippen LogP contribution in [-0.4, -0.2) is 46.6 Å². The smallest absolute Gasteiger partial charge is 0.276 e. The summed E-state index contributed by atoms with van der Waals surface area (Å²) in [7, 11) is 0. The Morgan fingerprint density at radius 3 is 2.81 bits per heavy atom. The monoisotopic (exact) mass is 362 g/mol. The van der Waals surface area contributed by atoms with Gasteiger partial charge in [0, 0.05) is 55.4 Å². The lowest BCUT2D eigenvalue weighted by Crippen LogP contribution is -2.53. The number of carbonyl (C=O) groups excluding carboxylic acids is 1. The third-order valence-corrected chi connectivity index (χ3v) is 4.92. The molecule has 1 saturated heterocycles. The molecule has 3 aromatic rings. The van der Waals surface area contributed by atoms with E-state index in [1.54, 1.807) is 18.5 Å². The molecule has 1 aliphatic rings. The van der Waals surface area contributed by atoms with Gasteiger partial charge in [-0.2, -0.15) is 0 Å². The van der Waals surface area contributed by atoms with Crippen molar-refractivity contribution >= 4 is 11.6 Å². The van der Waals surface area contributed by atoms with Gasteiger partial charge in [-0.3, -0.25) is 9.78 Å². The lowest BCUT2D eigenvalue weighted by atomic mass is 10.1. The van der Waals surface area contributed by atoms with Crippen molar-refractivity contribution < 1.29 is 9.32 Å². The molecule has 2 aromatic heterocycles. The fraction of sp³-hybridized carbons (Fsp3) is 0.286. The number of carbonyl (C=O) groups is 1. The van der Waals surface area contributed by atoms with Gasteiger partial charge in [-0.05, 0) is 43.7 Å². The van der Waals surface area contributed by atoms with E-state index in [1.165, 1.54) is 11.3 Å². The average Bonchev–Trinajstić information content (AvgIpc) is 3.18. The van der Waals surface area contributed by atoms with E-state index >= 15 is 0 Å². The van der Waals surface area contributed by atoms with E-state index in [0.717, 1.165) is 12.1 Å². The van der Waals surface area contributed by atoms with Crippen LogP contribution < -0.4 is 4.90 Å². The summed E-state index contributed by atoms with van der Waals surface area (Å²) in [5.74, 6) is 0.461. The Kier molecular flexibility index (Phi) is 4.62. The number of pyridine rings is 1. The van der Waals surface area contributed by atoms with Gasteiger partial charge >= 0.3 is 0 Å². The number of aryl methyl sites for hydroxylation is 1. The maximum Gasteiger partial charge on any atom is 0.276 e. The van der Waals surface area contributed by atoms with Crippen LogP contribution in [0.5, 0.6) is 0 Å². The molecule has 1 fully saturated rings. The number of anilines is 1. The van der Waals surface area contributed by atoms with Gasteiger partial charge in [-0.15, -0.1) is 0 Å². The van der Waals surface area contributed by atoms with Crippen LogP contribution in [-0.2, 0) is 0 Å². The van der Waals surface area contributed by atoms with Crippen molar-refractivity contribution in [3.8, 4) is 11.3 Å². The molecule has 1 aromatic carbocycles. The highest BCUT2D eigenvalue weighted by molar-refractivity contribution is 5.93. The number of rotatable bonds is 3. The zero-order valence-corrected chi connectivity index (χ0v) is 15.5. The first-order chi connectivity index (χ1) is 13.1. The molecule has 0 unspecified atom stereocenters. The second-order valence-electron chi connectivity index (χ2n) is 6.95. The Hall–Kier alpha value is -3.15. The molecule has 1 aliphatic heterocycles. The highest BCUT2D eigenvalue weighted by atomic mass is 16.5. The number of nitrogens with zero attached hydrogens (tertiary/aromatic N) is 4. The van der Waals surface area contributed by atoms with E-state index < -0.39 is 0 Å². The Balaban J connectivity index is 1.46. The van der Waals surface area contributed by atoms with Crippen LogP contribution in [0.4, 0.5) is 5.69 Å². The van der Waals surface area contributed by atoms with E-state index in [2.05, 4.69) is 53.2 Å². The van der Waals surface area contributed by atoms with Crippen LogP contribution in [0.1, 0.15) is 23.0 Å². The van der Waals surface area contributed by atoms with Crippen molar-refractivity contribution in [2.24, 2.45) is 0 Å². The van der Waals surface area contributed by atoms with Gasteiger partial charge in [-0.25, -0.2) is 0 Å². The minimum Gasteiger partial charge on any atom is -0.365 e. The minimum absolute atomic E-state index is 0.0929. The summed E-state index contributed by atoms with van der Waals surface area (Å²) >= 11 is 0. The molecular formula is C21H22N4O2. The zero-order chi connectivity index (χ0) is 18.8. The Bertz CT molecular complexity index is 938. The quantitative estimate of drug-likeness (QED) is 0.715. The van der Waals surface area contributed by atoms with Gasteiger partial charge in [0.2, 0.25) is 0 Å². The van der Waals surface area contributed by atoms with Gasteiger partial charge < -0.3 is 14.3 Å². The van der Waals surface area contributed by atoms with E-state index in [1.807, 2.05) is 17.0 Å². The largest absolute Gasteiger partial charge is 0.365 e. The molecule has 0 N–H and O–H groups in total. The van der Waals surface area contributed by atoms with Crippen molar-refractivity contribution in [3.63, 3.8) is 0 Å². The first kappa shape index (κ1) is 17.3. The predicted octanol–water partition coefficient (Wildman–Crippen LogP) is 3.40. The van der Waals surface area contributed by atoms with Crippen molar-refractivity contribution in [1.29, 1.82) is 0 Å². The maximum atomic E-state index is 12.9. The Morgan fingerprint density at radius 2 is 2.07 bits per heavy atom. The molecular weight excluding hydrogens is 340 g/mol. The number of amides is 1. The second kappa shape index (κ2) is 7.23. The maximum absolute atomic E-state index is 12.9. The normalized spacial score (nSPS) is 17.2. The molecule has 6 heteroatoms. The highest BCUT2D eigenvalue weighted by Gasteiger charge is 2.29. The zero-order valence-electron chi connectivity index (χ0n) is 15.5. The fourth-order valence-electron chi connectivity index (χ4n) is 3.51. The first-order valence-electron chi connectivity index (χ1n) is 9.11. The van der Waals surface area contributed by atoms with Crippen LogP contribution in [0, 0.1) is 6.92 Å². The summed E-state index contributed by atoms with van der Waals surface area (Å²) in [6.07, 6.45) is 3.39. The molecule has 0 radical (unpaired) electrons. The predicted molar refractivity (Wildman–Crippen MR) is 104 cm³/mol. The van der Waals surface area contributed by atoms with Gasteiger partial charge in [-0.1, -0.05) is 17.3 Å². The van der Waals surface area contributed by atoms with Gasteiger partial charge in [0.05, 0.1) is 0 Å².